The van der Waals surface area contributed by atoms with E-state index in [9.17, 15) is 27.2 Å². The minimum absolute atomic E-state index is 0.0287. The van der Waals surface area contributed by atoms with Crippen LogP contribution in [0.15, 0.2) is 60.3 Å². The number of esters is 1. The molecule has 1 aliphatic heterocycles. The summed E-state index contributed by atoms with van der Waals surface area (Å²) in [5, 5.41) is 2.86. The van der Waals surface area contributed by atoms with E-state index in [4.69, 9.17) is 4.74 Å². The standard InChI is InChI=1S/C22H20F4N2O5/c1-3-31-19(30)22(2)12-17(27-13-4-8-15(9-5-13)32-20(23)24)18(29)28(22)14-6-10-16(11-7-14)33-21(25)26/h4-12,20-21,27H,3H2,1-2H3/t22-/m0/s1. The van der Waals surface area contributed by atoms with Gasteiger partial charge < -0.3 is 19.5 Å². The van der Waals surface area contributed by atoms with Crippen LogP contribution in [0.2, 0.25) is 0 Å². The van der Waals surface area contributed by atoms with Gasteiger partial charge in [-0.25, -0.2) is 4.79 Å². The second-order valence-corrected chi connectivity index (χ2v) is 6.97. The Hall–Kier alpha value is -3.76. The fourth-order valence-corrected chi connectivity index (χ4v) is 3.29. The first-order valence-corrected chi connectivity index (χ1v) is 9.75. The molecule has 1 atom stereocenters. The number of alkyl halides is 4. The molecule has 0 bridgehead atoms. The summed E-state index contributed by atoms with van der Waals surface area (Å²) in [4.78, 5) is 27.1. The Morgan fingerprint density at radius 2 is 1.48 bits per heavy atom. The van der Waals surface area contributed by atoms with Crippen LogP contribution in [0.1, 0.15) is 13.8 Å². The number of halogens is 4. The van der Waals surface area contributed by atoms with Crippen molar-refractivity contribution in [2.75, 3.05) is 16.8 Å². The maximum absolute atomic E-state index is 13.2. The number of nitrogens with one attached hydrogen (secondary N) is 1. The van der Waals surface area contributed by atoms with E-state index in [1.807, 2.05) is 0 Å². The third-order valence-electron chi connectivity index (χ3n) is 4.69. The van der Waals surface area contributed by atoms with Gasteiger partial charge in [-0.2, -0.15) is 17.6 Å². The smallest absolute Gasteiger partial charge is 0.387 e. The summed E-state index contributed by atoms with van der Waals surface area (Å²) in [6.45, 7) is -2.83. The zero-order chi connectivity index (χ0) is 24.2. The Morgan fingerprint density at radius 1 is 0.970 bits per heavy atom. The van der Waals surface area contributed by atoms with Crippen molar-refractivity contribution in [3.8, 4) is 11.5 Å². The molecule has 33 heavy (non-hydrogen) atoms. The number of anilines is 2. The molecule has 2 aromatic carbocycles. The summed E-state index contributed by atoms with van der Waals surface area (Å²) in [5.74, 6) is -1.48. The molecule has 1 N–H and O–H groups in total. The van der Waals surface area contributed by atoms with Gasteiger partial charge in [0.2, 0.25) is 0 Å². The Morgan fingerprint density at radius 3 is 1.97 bits per heavy atom. The lowest BCUT2D eigenvalue weighted by atomic mass is 10.0. The van der Waals surface area contributed by atoms with Gasteiger partial charge in [-0.15, -0.1) is 0 Å². The monoisotopic (exact) mass is 468 g/mol. The predicted octanol–water partition coefficient (Wildman–Crippen LogP) is 4.55. The van der Waals surface area contributed by atoms with Gasteiger partial charge in [-0.3, -0.25) is 9.69 Å². The van der Waals surface area contributed by atoms with E-state index < -0.39 is 30.6 Å². The quantitative estimate of drug-likeness (QED) is 0.430. The summed E-state index contributed by atoms with van der Waals surface area (Å²) in [6.07, 6.45) is 1.38. The molecule has 0 radical (unpaired) electrons. The molecule has 0 aromatic heterocycles. The molecule has 1 amide bonds. The van der Waals surface area contributed by atoms with E-state index in [1.54, 1.807) is 6.92 Å². The minimum atomic E-state index is -3.01. The topological polar surface area (TPSA) is 77.1 Å². The van der Waals surface area contributed by atoms with Gasteiger partial charge in [0.05, 0.1) is 6.61 Å². The zero-order valence-electron chi connectivity index (χ0n) is 17.6. The summed E-state index contributed by atoms with van der Waals surface area (Å²) in [6, 6.07) is 10.6. The van der Waals surface area contributed by atoms with Gasteiger partial charge in [-0.05, 0) is 68.5 Å². The van der Waals surface area contributed by atoms with Crippen LogP contribution in [0.3, 0.4) is 0 Å². The summed E-state index contributed by atoms with van der Waals surface area (Å²) in [7, 11) is 0. The Balaban J connectivity index is 1.89. The van der Waals surface area contributed by atoms with Crippen LogP contribution in [0.5, 0.6) is 11.5 Å². The Bertz CT molecular complexity index is 1030. The van der Waals surface area contributed by atoms with Crippen LogP contribution in [0, 0.1) is 0 Å². The van der Waals surface area contributed by atoms with Crippen molar-refractivity contribution in [3.63, 3.8) is 0 Å². The van der Waals surface area contributed by atoms with Crippen molar-refractivity contribution < 1.29 is 41.4 Å². The van der Waals surface area contributed by atoms with E-state index in [0.717, 1.165) is 4.90 Å². The molecule has 0 aliphatic carbocycles. The van der Waals surface area contributed by atoms with Crippen molar-refractivity contribution in [2.45, 2.75) is 32.6 Å². The lowest BCUT2D eigenvalue weighted by molar-refractivity contribution is -0.147. The summed E-state index contributed by atoms with van der Waals surface area (Å²) >= 11 is 0. The van der Waals surface area contributed by atoms with Gasteiger partial charge in [0, 0.05) is 11.4 Å². The number of carbonyl (C=O) groups is 2. The SMILES string of the molecule is CCOC(=O)[C@]1(C)C=C(Nc2ccc(OC(F)F)cc2)C(=O)N1c1ccc(OC(F)F)cc1. The van der Waals surface area contributed by atoms with Crippen molar-refractivity contribution >= 4 is 23.3 Å². The fraction of sp³-hybridized carbons (Fsp3) is 0.273. The summed E-state index contributed by atoms with van der Waals surface area (Å²) in [5.41, 5.74) is -0.893. The average Bonchev–Trinajstić information content (AvgIpc) is 3.00. The molecule has 2 aromatic rings. The lowest BCUT2D eigenvalue weighted by Gasteiger charge is -2.32. The maximum Gasteiger partial charge on any atom is 0.387 e. The molecule has 176 valence electrons. The van der Waals surface area contributed by atoms with Crippen molar-refractivity contribution in [1.82, 2.24) is 0 Å². The van der Waals surface area contributed by atoms with Gasteiger partial charge in [0.15, 0.2) is 5.54 Å². The highest BCUT2D eigenvalue weighted by Gasteiger charge is 2.49. The van der Waals surface area contributed by atoms with E-state index >= 15 is 0 Å². The van der Waals surface area contributed by atoms with Gasteiger partial charge in [0.25, 0.3) is 5.91 Å². The van der Waals surface area contributed by atoms with Crippen molar-refractivity contribution in [1.29, 1.82) is 0 Å². The van der Waals surface area contributed by atoms with Gasteiger partial charge in [0.1, 0.15) is 17.2 Å². The highest BCUT2D eigenvalue weighted by molar-refractivity contribution is 6.16. The molecule has 1 aliphatic rings. The second-order valence-electron chi connectivity index (χ2n) is 6.97. The first-order chi connectivity index (χ1) is 15.6. The molecule has 0 saturated carbocycles. The number of hydrogen-bond donors (Lipinski definition) is 1. The molecule has 1 heterocycles. The third kappa shape index (κ3) is 5.36. The number of rotatable bonds is 9. The Labute approximate surface area is 186 Å². The number of carbonyl (C=O) groups excluding carboxylic acids is 2. The molecule has 0 unspecified atom stereocenters. The number of ether oxygens (including phenoxy) is 3. The van der Waals surface area contributed by atoms with Crippen LogP contribution in [-0.2, 0) is 14.3 Å². The van der Waals surface area contributed by atoms with Gasteiger partial charge >= 0.3 is 19.2 Å². The first-order valence-electron chi connectivity index (χ1n) is 9.75. The molecule has 0 fully saturated rings. The van der Waals surface area contributed by atoms with E-state index in [2.05, 4.69) is 14.8 Å². The van der Waals surface area contributed by atoms with Crippen LogP contribution >= 0.6 is 0 Å². The molecule has 0 saturated heterocycles. The normalized spacial score (nSPS) is 17.9. The molecular formula is C22H20F4N2O5. The molecule has 7 nitrogen and oxygen atoms in total. The maximum atomic E-state index is 13.2. The molecule has 11 heteroatoms. The molecular weight excluding hydrogens is 448 g/mol. The van der Waals surface area contributed by atoms with E-state index in [-0.39, 0.29) is 29.5 Å². The van der Waals surface area contributed by atoms with E-state index in [1.165, 1.54) is 61.5 Å². The lowest BCUT2D eigenvalue weighted by Crippen LogP contribution is -2.51. The van der Waals surface area contributed by atoms with Crippen LogP contribution in [0.25, 0.3) is 0 Å². The minimum Gasteiger partial charge on any atom is -0.464 e. The predicted molar refractivity (Wildman–Crippen MR) is 110 cm³/mol. The third-order valence-corrected chi connectivity index (χ3v) is 4.69. The van der Waals surface area contributed by atoms with Crippen LogP contribution < -0.4 is 19.7 Å². The van der Waals surface area contributed by atoms with E-state index in [0.29, 0.717) is 5.69 Å². The van der Waals surface area contributed by atoms with Crippen molar-refractivity contribution in [2.24, 2.45) is 0 Å². The van der Waals surface area contributed by atoms with Gasteiger partial charge in [-0.1, -0.05) is 0 Å². The average molecular weight is 468 g/mol. The molecule has 0 spiro atoms. The second kappa shape index (κ2) is 9.80. The molecule has 3 rings (SSSR count). The number of benzene rings is 2. The Kier molecular flexibility index (Phi) is 7.10. The number of amides is 1. The fourth-order valence-electron chi connectivity index (χ4n) is 3.29. The first kappa shape index (κ1) is 23.9. The van der Waals surface area contributed by atoms with Crippen LogP contribution in [0.4, 0.5) is 28.9 Å². The highest BCUT2D eigenvalue weighted by Crippen LogP contribution is 2.36. The largest absolute Gasteiger partial charge is 0.464 e. The van der Waals surface area contributed by atoms with Crippen molar-refractivity contribution in [3.05, 3.63) is 60.3 Å². The highest BCUT2D eigenvalue weighted by atomic mass is 19.3. The van der Waals surface area contributed by atoms with Crippen LogP contribution in [-0.4, -0.2) is 37.2 Å². The zero-order valence-corrected chi connectivity index (χ0v) is 17.6. The summed E-state index contributed by atoms with van der Waals surface area (Å²) < 4.78 is 63.3. The number of nitrogens with zero attached hydrogens (tertiary/aromatic N) is 1. The number of hydrogen-bond acceptors (Lipinski definition) is 6.